The molecule has 1 aliphatic rings. The zero-order valence-corrected chi connectivity index (χ0v) is 16.6. The average molecular weight is 422 g/mol. The van der Waals surface area contributed by atoms with E-state index in [0.29, 0.717) is 0 Å². The molecule has 21 heavy (non-hydrogen) atoms. The molecule has 2 heterocycles. The highest BCUT2D eigenvalue weighted by Crippen LogP contribution is 2.23. The minimum absolute atomic E-state index is 0. The van der Waals surface area contributed by atoms with Crippen LogP contribution < -0.4 is 5.32 Å². The summed E-state index contributed by atoms with van der Waals surface area (Å²) in [5.41, 5.74) is 3.03. The number of rotatable bonds is 4. The van der Waals surface area contributed by atoms with Gasteiger partial charge in [0.2, 0.25) is 0 Å². The maximum atomic E-state index is 4.43. The van der Waals surface area contributed by atoms with Crippen LogP contribution in [0.1, 0.15) is 37.3 Å². The fourth-order valence-electron chi connectivity index (χ4n) is 2.87. The minimum atomic E-state index is 0. The summed E-state index contributed by atoms with van der Waals surface area (Å²) < 4.78 is 0. The summed E-state index contributed by atoms with van der Waals surface area (Å²) in [6.45, 7) is 9.77. The Bertz CT molecular complexity index is 458. The van der Waals surface area contributed by atoms with E-state index in [1.807, 2.05) is 12.6 Å². The summed E-state index contributed by atoms with van der Waals surface area (Å²) in [4.78, 5) is 12.4. The van der Waals surface area contributed by atoms with Gasteiger partial charge >= 0.3 is 0 Å². The highest BCUT2D eigenvalue weighted by molar-refractivity contribution is 14.0. The Hall–Kier alpha value is -0.370. The number of hydrogen-bond donors (Lipinski definition) is 1. The van der Waals surface area contributed by atoms with E-state index >= 15 is 0 Å². The number of thiazole rings is 1. The van der Waals surface area contributed by atoms with Crippen molar-refractivity contribution in [3.05, 3.63) is 16.1 Å². The molecule has 6 heteroatoms. The van der Waals surface area contributed by atoms with Crippen LogP contribution in [-0.2, 0) is 6.54 Å². The second-order valence-corrected chi connectivity index (χ2v) is 6.93. The van der Waals surface area contributed by atoms with Crippen LogP contribution in [0.4, 0.5) is 0 Å². The van der Waals surface area contributed by atoms with Gasteiger partial charge in [-0.15, -0.1) is 35.3 Å². The monoisotopic (exact) mass is 422 g/mol. The first-order valence-corrected chi connectivity index (χ1v) is 8.32. The summed E-state index contributed by atoms with van der Waals surface area (Å²) >= 11 is 1.71. The molecule has 0 aromatic carbocycles. The maximum Gasteiger partial charge on any atom is 0.193 e. The summed E-state index contributed by atoms with van der Waals surface area (Å²) in [6, 6.07) is 0. The van der Waals surface area contributed by atoms with Crippen molar-refractivity contribution in [1.82, 2.24) is 15.2 Å². The lowest BCUT2D eigenvalue weighted by atomic mass is 9.97. The zero-order chi connectivity index (χ0) is 14.5. The third-order valence-corrected chi connectivity index (χ3v) is 4.79. The van der Waals surface area contributed by atoms with E-state index in [9.17, 15) is 0 Å². The van der Waals surface area contributed by atoms with Gasteiger partial charge in [-0.25, -0.2) is 4.98 Å². The van der Waals surface area contributed by atoms with Crippen molar-refractivity contribution in [2.75, 3.05) is 20.1 Å². The van der Waals surface area contributed by atoms with Crippen LogP contribution in [0.25, 0.3) is 0 Å². The molecular formula is C15H27IN4S. The molecule has 1 aromatic heterocycles. The van der Waals surface area contributed by atoms with E-state index < -0.39 is 0 Å². The molecule has 1 saturated heterocycles. The molecule has 0 amide bonds. The van der Waals surface area contributed by atoms with Crippen molar-refractivity contribution in [2.45, 2.75) is 40.2 Å². The first-order valence-electron chi connectivity index (χ1n) is 7.44. The number of likely N-dealkylation sites (tertiary alicyclic amines) is 1. The molecule has 0 saturated carbocycles. The van der Waals surface area contributed by atoms with Gasteiger partial charge in [0.15, 0.2) is 5.96 Å². The first-order chi connectivity index (χ1) is 9.60. The number of nitrogens with zero attached hydrogens (tertiary/aromatic N) is 3. The molecule has 1 fully saturated rings. The lowest BCUT2D eigenvalue weighted by molar-refractivity contribution is 0.403. The Labute approximate surface area is 149 Å². The molecule has 2 rings (SSSR count). The third-order valence-electron chi connectivity index (χ3n) is 3.85. The Morgan fingerprint density at radius 2 is 2.33 bits per heavy atom. The predicted molar refractivity (Wildman–Crippen MR) is 102 cm³/mol. The molecule has 1 atom stereocenters. The highest BCUT2D eigenvalue weighted by Gasteiger charge is 2.25. The van der Waals surface area contributed by atoms with Gasteiger partial charge in [-0.2, -0.15) is 0 Å². The van der Waals surface area contributed by atoms with Gasteiger partial charge in [-0.05, 0) is 31.6 Å². The molecule has 1 N–H and O–H groups in total. The van der Waals surface area contributed by atoms with Crippen molar-refractivity contribution >= 4 is 41.3 Å². The Morgan fingerprint density at radius 1 is 1.57 bits per heavy atom. The molecule has 1 unspecified atom stereocenters. The molecule has 1 aliphatic heterocycles. The van der Waals surface area contributed by atoms with Gasteiger partial charge in [0.05, 0.1) is 17.7 Å². The molecule has 4 nitrogen and oxygen atoms in total. The number of aromatic nitrogens is 1. The fraction of sp³-hybridized carbons (Fsp3) is 0.733. The number of aliphatic imine (C=N–C) groups is 1. The van der Waals surface area contributed by atoms with Crippen molar-refractivity contribution < 1.29 is 0 Å². The van der Waals surface area contributed by atoms with Gasteiger partial charge in [0, 0.05) is 25.0 Å². The highest BCUT2D eigenvalue weighted by atomic mass is 127. The van der Waals surface area contributed by atoms with Gasteiger partial charge in [0.25, 0.3) is 0 Å². The van der Waals surface area contributed by atoms with E-state index in [0.717, 1.165) is 43.1 Å². The Balaban J connectivity index is 0.00000220. The van der Waals surface area contributed by atoms with Crippen LogP contribution in [0.15, 0.2) is 10.5 Å². The van der Waals surface area contributed by atoms with Crippen molar-refractivity contribution in [3.8, 4) is 0 Å². The SMILES string of the molecule is CN=C(NCc1scnc1C)N1CCC(CC(C)C)C1.I. The lowest BCUT2D eigenvalue weighted by Crippen LogP contribution is -2.39. The van der Waals surface area contributed by atoms with E-state index in [1.165, 1.54) is 17.7 Å². The lowest BCUT2D eigenvalue weighted by Gasteiger charge is -2.22. The van der Waals surface area contributed by atoms with Crippen LogP contribution in [0.3, 0.4) is 0 Å². The number of aryl methyl sites for hydroxylation is 1. The van der Waals surface area contributed by atoms with E-state index in [1.54, 1.807) is 11.3 Å². The molecular weight excluding hydrogens is 395 g/mol. The smallest absolute Gasteiger partial charge is 0.193 e. The standard InChI is InChI=1S/C15H26N4S.HI/c1-11(2)7-13-5-6-19(9-13)15(16-4)17-8-14-12(3)18-10-20-14;/h10-11,13H,5-9H2,1-4H3,(H,16,17);1H. The molecule has 120 valence electrons. The normalized spacial score (nSPS) is 19.0. The second-order valence-electron chi connectivity index (χ2n) is 5.99. The number of guanidine groups is 1. The Kier molecular flexibility index (Phi) is 7.94. The van der Waals surface area contributed by atoms with Crippen LogP contribution >= 0.6 is 35.3 Å². The quantitative estimate of drug-likeness (QED) is 0.459. The van der Waals surface area contributed by atoms with Crippen LogP contribution in [0.5, 0.6) is 0 Å². The van der Waals surface area contributed by atoms with Gasteiger partial charge in [-0.1, -0.05) is 13.8 Å². The van der Waals surface area contributed by atoms with Crippen LogP contribution in [0, 0.1) is 18.8 Å². The fourth-order valence-corrected chi connectivity index (χ4v) is 3.59. The summed E-state index contributed by atoms with van der Waals surface area (Å²) in [5.74, 6) is 2.64. The molecule has 0 spiro atoms. The molecule has 1 aromatic rings. The van der Waals surface area contributed by atoms with E-state index in [-0.39, 0.29) is 24.0 Å². The first kappa shape index (κ1) is 18.7. The van der Waals surface area contributed by atoms with E-state index in [4.69, 9.17) is 0 Å². The van der Waals surface area contributed by atoms with E-state index in [2.05, 4.69) is 41.0 Å². The molecule has 0 bridgehead atoms. The van der Waals surface area contributed by atoms with Crippen molar-refractivity contribution in [2.24, 2.45) is 16.8 Å². The summed E-state index contributed by atoms with van der Waals surface area (Å²) in [7, 11) is 1.87. The zero-order valence-electron chi connectivity index (χ0n) is 13.4. The number of hydrogen-bond acceptors (Lipinski definition) is 3. The molecule has 0 aliphatic carbocycles. The van der Waals surface area contributed by atoms with Crippen LogP contribution in [0.2, 0.25) is 0 Å². The summed E-state index contributed by atoms with van der Waals surface area (Å²) in [6.07, 6.45) is 2.61. The van der Waals surface area contributed by atoms with Crippen molar-refractivity contribution in [1.29, 1.82) is 0 Å². The number of nitrogens with one attached hydrogen (secondary N) is 1. The van der Waals surface area contributed by atoms with Crippen molar-refractivity contribution in [3.63, 3.8) is 0 Å². The average Bonchev–Trinajstić information content (AvgIpc) is 3.00. The van der Waals surface area contributed by atoms with Gasteiger partial charge in [0.1, 0.15) is 0 Å². The summed E-state index contributed by atoms with van der Waals surface area (Å²) in [5, 5.41) is 3.47. The van der Waals surface area contributed by atoms with Gasteiger partial charge in [-0.3, -0.25) is 4.99 Å². The second kappa shape index (κ2) is 8.92. The number of halogens is 1. The largest absolute Gasteiger partial charge is 0.351 e. The maximum absolute atomic E-state index is 4.43. The Morgan fingerprint density at radius 3 is 2.90 bits per heavy atom. The minimum Gasteiger partial charge on any atom is -0.351 e. The molecule has 0 radical (unpaired) electrons. The van der Waals surface area contributed by atoms with Crippen LogP contribution in [-0.4, -0.2) is 36.0 Å². The predicted octanol–water partition coefficient (Wildman–Crippen LogP) is 3.51. The topological polar surface area (TPSA) is 40.5 Å². The third kappa shape index (κ3) is 5.39. The van der Waals surface area contributed by atoms with Gasteiger partial charge < -0.3 is 10.2 Å².